The van der Waals surface area contributed by atoms with Crippen molar-refractivity contribution in [1.82, 2.24) is 5.32 Å². The van der Waals surface area contributed by atoms with E-state index < -0.39 is 0 Å². The Morgan fingerprint density at radius 1 is 1.40 bits per heavy atom. The molecular formula is C15H17BrN2O2. The number of amides is 1. The number of carbonyl (C=O) groups is 1. The summed E-state index contributed by atoms with van der Waals surface area (Å²) >= 11 is 3.58. The van der Waals surface area contributed by atoms with Crippen molar-refractivity contribution in [2.45, 2.75) is 18.9 Å². The third kappa shape index (κ3) is 2.82. The zero-order chi connectivity index (χ0) is 13.9. The molecule has 0 spiro atoms. The molecule has 2 heterocycles. The van der Waals surface area contributed by atoms with E-state index in [0.29, 0.717) is 13.0 Å². The molecule has 0 saturated carbocycles. The van der Waals surface area contributed by atoms with Crippen molar-refractivity contribution in [1.29, 1.82) is 0 Å². The molecule has 1 N–H and O–H groups in total. The average molecular weight is 337 g/mol. The molecule has 0 aromatic heterocycles. The topological polar surface area (TPSA) is 41.6 Å². The van der Waals surface area contributed by atoms with E-state index in [1.54, 1.807) is 6.26 Å². The minimum absolute atomic E-state index is 0.0153. The summed E-state index contributed by atoms with van der Waals surface area (Å²) in [5, 5.41) is 3.10. The number of nitrogens with zero attached hydrogens (tertiary/aromatic N) is 1. The molecular weight excluding hydrogens is 320 g/mol. The van der Waals surface area contributed by atoms with Gasteiger partial charge in [0, 0.05) is 30.0 Å². The second-order valence-electron chi connectivity index (χ2n) is 5.12. The lowest BCUT2D eigenvalue weighted by atomic mass is 10.2. The largest absolute Gasteiger partial charge is 0.500 e. The number of hydrogen-bond donors (Lipinski definition) is 1. The smallest absolute Gasteiger partial charge is 0.250 e. The van der Waals surface area contributed by atoms with Crippen LogP contribution in [-0.2, 0) is 9.53 Å². The first-order chi connectivity index (χ1) is 9.74. The van der Waals surface area contributed by atoms with Crippen molar-refractivity contribution in [3.63, 3.8) is 0 Å². The molecule has 106 valence electrons. The highest BCUT2D eigenvalue weighted by atomic mass is 79.9. The van der Waals surface area contributed by atoms with Crippen LogP contribution in [0.3, 0.4) is 0 Å². The third-order valence-corrected chi connectivity index (χ3v) is 4.39. The Morgan fingerprint density at radius 3 is 3.00 bits per heavy atom. The standard InChI is InChI=1S/C15H17BrN2O2/c16-13-3-1-2-4-14(13)18-7-5-12(9-18)17-15(19)11-6-8-20-10-11/h1-4,10,12H,5-9H2,(H,17,19). The maximum atomic E-state index is 12.0. The highest BCUT2D eigenvalue weighted by Crippen LogP contribution is 2.28. The molecule has 2 aliphatic rings. The molecule has 20 heavy (non-hydrogen) atoms. The number of hydrogen-bond acceptors (Lipinski definition) is 3. The van der Waals surface area contributed by atoms with Gasteiger partial charge in [0.25, 0.3) is 5.91 Å². The van der Waals surface area contributed by atoms with Crippen LogP contribution >= 0.6 is 15.9 Å². The summed E-state index contributed by atoms with van der Waals surface area (Å²) in [7, 11) is 0. The summed E-state index contributed by atoms with van der Waals surface area (Å²) in [6.45, 7) is 2.43. The molecule has 0 radical (unpaired) electrons. The molecule has 0 bridgehead atoms. The van der Waals surface area contributed by atoms with E-state index in [4.69, 9.17) is 4.74 Å². The zero-order valence-corrected chi connectivity index (χ0v) is 12.7. The predicted molar refractivity (Wildman–Crippen MR) is 81.6 cm³/mol. The minimum atomic E-state index is 0.0153. The van der Waals surface area contributed by atoms with Gasteiger partial charge in [0.2, 0.25) is 0 Å². The summed E-state index contributed by atoms with van der Waals surface area (Å²) in [6.07, 6.45) is 3.27. The molecule has 4 nitrogen and oxygen atoms in total. The van der Waals surface area contributed by atoms with E-state index in [-0.39, 0.29) is 11.9 Å². The number of benzene rings is 1. The van der Waals surface area contributed by atoms with Crippen LogP contribution in [0.4, 0.5) is 5.69 Å². The lowest BCUT2D eigenvalue weighted by Crippen LogP contribution is -2.37. The van der Waals surface area contributed by atoms with Crippen molar-refractivity contribution < 1.29 is 9.53 Å². The highest BCUT2D eigenvalue weighted by molar-refractivity contribution is 9.10. The number of halogens is 1. The monoisotopic (exact) mass is 336 g/mol. The average Bonchev–Trinajstić information content (AvgIpc) is 3.10. The van der Waals surface area contributed by atoms with Gasteiger partial charge in [-0.2, -0.15) is 0 Å². The van der Waals surface area contributed by atoms with Gasteiger partial charge >= 0.3 is 0 Å². The molecule has 0 aliphatic carbocycles. The van der Waals surface area contributed by atoms with Crippen molar-refractivity contribution in [3.8, 4) is 0 Å². The molecule has 2 aliphatic heterocycles. The van der Waals surface area contributed by atoms with Gasteiger partial charge in [0.1, 0.15) is 0 Å². The van der Waals surface area contributed by atoms with Crippen LogP contribution in [0.2, 0.25) is 0 Å². The molecule has 1 atom stereocenters. The fourth-order valence-corrected chi connectivity index (χ4v) is 3.17. The summed E-state index contributed by atoms with van der Waals surface area (Å²) in [4.78, 5) is 14.3. The number of para-hydroxylation sites is 1. The van der Waals surface area contributed by atoms with Gasteiger partial charge in [-0.25, -0.2) is 0 Å². The summed E-state index contributed by atoms with van der Waals surface area (Å²) in [5.41, 5.74) is 1.94. The first-order valence-electron chi connectivity index (χ1n) is 6.85. The van der Waals surface area contributed by atoms with Crippen LogP contribution in [0.25, 0.3) is 0 Å². The molecule has 1 aromatic carbocycles. The Balaban J connectivity index is 1.60. The Hall–Kier alpha value is -1.49. The van der Waals surface area contributed by atoms with Crippen LogP contribution in [0.5, 0.6) is 0 Å². The van der Waals surface area contributed by atoms with Gasteiger partial charge in [-0.3, -0.25) is 4.79 Å². The Bertz CT molecular complexity index is 544. The summed E-state index contributed by atoms with van der Waals surface area (Å²) in [6, 6.07) is 8.39. The molecule has 1 fully saturated rings. The number of rotatable bonds is 3. The molecule has 1 unspecified atom stereocenters. The second kappa shape index (κ2) is 5.87. The minimum Gasteiger partial charge on any atom is -0.500 e. The number of nitrogens with one attached hydrogen (secondary N) is 1. The number of carbonyl (C=O) groups excluding carboxylic acids is 1. The van der Waals surface area contributed by atoms with Crippen molar-refractivity contribution in [3.05, 3.63) is 40.6 Å². The Kier molecular flexibility index (Phi) is 3.96. The highest BCUT2D eigenvalue weighted by Gasteiger charge is 2.26. The van der Waals surface area contributed by atoms with Gasteiger partial charge in [-0.05, 0) is 34.5 Å². The number of anilines is 1. The van der Waals surface area contributed by atoms with Gasteiger partial charge < -0.3 is 15.0 Å². The van der Waals surface area contributed by atoms with Crippen LogP contribution in [0.1, 0.15) is 12.8 Å². The Morgan fingerprint density at radius 2 is 2.25 bits per heavy atom. The zero-order valence-electron chi connectivity index (χ0n) is 11.1. The lowest BCUT2D eigenvalue weighted by molar-refractivity contribution is -0.118. The predicted octanol–water partition coefficient (Wildman–Crippen LogP) is 2.45. The number of ether oxygens (including phenoxy) is 1. The van der Waals surface area contributed by atoms with Crippen molar-refractivity contribution in [2.75, 3.05) is 24.6 Å². The van der Waals surface area contributed by atoms with Gasteiger partial charge in [-0.1, -0.05) is 12.1 Å². The Labute approximate surface area is 126 Å². The van der Waals surface area contributed by atoms with Crippen LogP contribution in [0, 0.1) is 0 Å². The van der Waals surface area contributed by atoms with Gasteiger partial charge in [0.15, 0.2) is 0 Å². The van der Waals surface area contributed by atoms with Crippen molar-refractivity contribution >= 4 is 27.5 Å². The van der Waals surface area contributed by atoms with E-state index in [2.05, 4.69) is 32.2 Å². The van der Waals surface area contributed by atoms with E-state index in [1.807, 2.05) is 18.2 Å². The fraction of sp³-hybridized carbons (Fsp3) is 0.400. The van der Waals surface area contributed by atoms with Gasteiger partial charge in [0.05, 0.1) is 24.1 Å². The lowest BCUT2D eigenvalue weighted by Gasteiger charge is -2.20. The van der Waals surface area contributed by atoms with Crippen LogP contribution < -0.4 is 10.2 Å². The maximum Gasteiger partial charge on any atom is 0.250 e. The van der Waals surface area contributed by atoms with Crippen LogP contribution in [-0.4, -0.2) is 31.6 Å². The SMILES string of the molecule is O=C(NC1CCN(c2ccccc2Br)C1)C1=COCC1. The first-order valence-corrected chi connectivity index (χ1v) is 7.64. The molecule has 5 heteroatoms. The van der Waals surface area contributed by atoms with Crippen LogP contribution in [0.15, 0.2) is 40.6 Å². The second-order valence-corrected chi connectivity index (χ2v) is 5.97. The normalized spacial score (nSPS) is 21.6. The van der Waals surface area contributed by atoms with E-state index >= 15 is 0 Å². The van der Waals surface area contributed by atoms with E-state index in [0.717, 1.165) is 29.6 Å². The third-order valence-electron chi connectivity index (χ3n) is 3.72. The maximum absolute atomic E-state index is 12.0. The molecule has 1 saturated heterocycles. The van der Waals surface area contributed by atoms with E-state index in [1.165, 1.54) is 5.69 Å². The summed E-state index contributed by atoms with van der Waals surface area (Å²) < 4.78 is 6.21. The molecule has 1 amide bonds. The molecule has 1 aromatic rings. The van der Waals surface area contributed by atoms with Gasteiger partial charge in [-0.15, -0.1) is 0 Å². The fourth-order valence-electron chi connectivity index (χ4n) is 2.64. The quantitative estimate of drug-likeness (QED) is 0.921. The molecule has 3 rings (SSSR count). The first kappa shape index (κ1) is 13.5. The van der Waals surface area contributed by atoms with E-state index in [9.17, 15) is 4.79 Å². The summed E-state index contributed by atoms with van der Waals surface area (Å²) in [5.74, 6) is 0.0153. The van der Waals surface area contributed by atoms with Crippen molar-refractivity contribution in [2.24, 2.45) is 0 Å².